The van der Waals surface area contributed by atoms with Crippen molar-refractivity contribution in [2.75, 3.05) is 0 Å². The summed E-state index contributed by atoms with van der Waals surface area (Å²) in [6, 6.07) is 11.8. The number of rotatable bonds is 3. The van der Waals surface area contributed by atoms with E-state index in [1.807, 2.05) is 46.8 Å². The Kier molecular flexibility index (Phi) is 5.62. The Hall–Kier alpha value is -2.93. The number of aryl methyl sites for hydroxylation is 3. The zero-order chi connectivity index (χ0) is 19.5. The number of aromatic nitrogens is 1. The van der Waals surface area contributed by atoms with Crippen LogP contribution in [0, 0.1) is 37.5 Å². The minimum atomic E-state index is -0.408. The average Bonchev–Trinajstić information content (AvgIpc) is 2.53. The first kappa shape index (κ1) is 19.4. The summed E-state index contributed by atoms with van der Waals surface area (Å²) in [6.45, 7) is 11.8. The first-order valence-electron chi connectivity index (χ1n) is 8.60. The third-order valence-electron chi connectivity index (χ3n) is 4.11. The zero-order valence-electron chi connectivity index (χ0n) is 16.3. The topological polar surface area (TPSA) is 65.8 Å². The number of carbonyl (C=O) groups is 1. The Bertz CT molecular complexity index is 891. The SMILES string of the molecule is Cc1cc(C)cc(C(C#N)=C(NC(=O)c2cccnc2C)C(C)(C)C)c1. The fourth-order valence-electron chi connectivity index (χ4n) is 2.91. The van der Waals surface area contributed by atoms with Crippen LogP contribution in [-0.4, -0.2) is 10.9 Å². The average molecular weight is 347 g/mol. The molecular formula is C22H25N3O. The molecule has 1 aromatic carbocycles. The molecule has 0 radical (unpaired) electrons. The minimum absolute atomic E-state index is 0.252. The zero-order valence-corrected chi connectivity index (χ0v) is 16.3. The smallest absolute Gasteiger partial charge is 0.257 e. The van der Waals surface area contributed by atoms with Gasteiger partial charge in [0.1, 0.15) is 6.07 Å². The first-order chi connectivity index (χ1) is 12.1. The first-order valence-corrected chi connectivity index (χ1v) is 8.60. The highest BCUT2D eigenvalue weighted by Gasteiger charge is 2.25. The van der Waals surface area contributed by atoms with Crippen LogP contribution in [0.5, 0.6) is 0 Å². The molecule has 0 aliphatic rings. The van der Waals surface area contributed by atoms with E-state index in [-0.39, 0.29) is 5.91 Å². The largest absolute Gasteiger partial charge is 0.324 e. The molecule has 0 saturated carbocycles. The normalized spacial score (nSPS) is 12.2. The van der Waals surface area contributed by atoms with Gasteiger partial charge in [-0.25, -0.2) is 0 Å². The second kappa shape index (κ2) is 7.53. The van der Waals surface area contributed by atoms with Crippen molar-refractivity contribution in [2.24, 2.45) is 5.41 Å². The number of allylic oxidation sites excluding steroid dienone is 2. The molecule has 134 valence electrons. The van der Waals surface area contributed by atoms with Gasteiger partial charge in [-0.2, -0.15) is 5.26 Å². The highest BCUT2D eigenvalue weighted by molar-refractivity contribution is 5.98. The van der Waals surface area contributed by atoms with Crippen molar-refractivity contribution in [3.05, 3.63) is 70.2 Å². The molecule has 26 heavy (non-hydrogen) atoms. The maximum atomic E-state index is 12.8. The van der Waals surface area contributed by atoms with Crippen LogP contribution in [0.4, 0.5) is 0 Å². The molecule has 0 aliphatic heterocycles. The van der Waals surface area contributed by atoms with Gasteiger partial charge in [0.25, 0.3) is 5.91 Å². The van der Waals surface area contributed by atoms with Gasteiger partial charge in [-0.1, -0.05) is 50.1 Å². The van der Waals surface area contributed by atoms with E-state index in [2.05, 4.69) is 22.4 Å². The Morgan fingerprint density at radius 2 is 1.73 bits per heavy atom. The lowest BCUT2D eigenvalue weighted by molar-refractivity contribution is 0.0957. The van der Waals surface area contributed by atoms with Crippen molar-refractivity contribution in [3.8, 4) is 6.07 Å². The molecule has 0 spiro atoms. The summed E-state index contributed by atoms with van der Waals surface area (Å²) in [5.74, 6) is -0.252. The Labute approximate surface area is 155 Å². The standard InChI is InChI=1S/C22H25N3O/c1-14-10-15(2)12-17(11-14)19(13-23)20(22(4,5)6)25-21(26)18-8-7-9-24-16(18)3/h7-12H,1-6H3,(H,25,26). The van der Waals surface area contributed by atoms with E-state index < -0.39 is 5.41 Å². The fourth-order valence-corrected chi connectivity index (χ4v) is 2.91. The van der Waals surface area contributed by atoms with E-state index in [0.717, 1.165) is 16.7 Å². The summed E-state index contributed by atoms with van der Waals surface area (Å²) in [6.07, 6.45) is 1.66. The molecule has 0 unspecified atom stereocenters. The van der Waals surface area contributed by atoms with Crippen LogP contribution in [0.3, 0.4) is 0 Å². The lowest BCUT2D eigenvalue weighted by Crippen LogP contribution is -2.31. The maximum Gasteiger partial charge on any atom is 0.257 e. The van der Waals surface area contributed by atoms with Crippen LogP contribution >= 0.6 is 0 Å². The Morgan fingerprint density at radius 3 is 2.23 bits per heavy atom. The quantitative estimate of drug-likeness (QED) is 0.817. The van der Waals surface area contributed by atoms with Crippen molar-refractivity contribution < 1.29 is 4.79 Å². The summed E-state index contributed by atoms with van der Waals surface area (Å²) < 4.78 is 0. The molecule has 0 aliphatic carbocycles. The molecule has 1 amide bonds. The van der Waals surface area contributed by atoms with Crippen molar-refractivity contribution in [2.45, 2.75) is 41.5 Å². The van der Waals surface area contributed by atoms with Crippen molar-refractivity contribution in [1.82, 2.24) is 10.3 Å². The van der Waals surface area contributed by atoms with Crippen molar-refractivity contribution in [1.29, 1.82) is 5.26 Å². The van der Waals surface area contributed by atoms with Gasteiger partial charge in [-0.05, 0) is 38.5 Å². The molecule has 0 fully saturated rings. The van der Waals surface area contributed by atoms with Crippen LogP contribution in [0.2, 0.25) is 0 Å². The summed E-state index contributed by atoms with van der Waals surface area (Å²) >= 11 is 0. The van der Waals surface area contributed by atoms with E-state index in [1.54, 1.807) is 25.3 Å². The van der Waals surface area contributed by atoms with E-state index >= 15 is 0 Å². The number of hydrogen-bond donors (Lipinski definition) is 1. The summed E-state index contributed by atoms with van der Waals surface area (Å²) in [7, 11) is 0. The van der Waals surface area contributed by atoms with Gasteiger partial charge in [0.2, 0.25) is 0 Å². The van der Waals surface area contributed by atoms with Gasteiger partial charge in [0.05, 0.1) is 11.1 Å². The lowest BCUT2D eigenvalue weighted by atomic mass is 9.86. The number of nitrogens with one attached hydrogen (secondary N) is 1. The van der Waals surface area contributed by atoms with Crippen LogP contribution in [-0.2, 0) is 0 Å². The van der Waals surface area contributed by atoms with Crippen molar-refractivity contribution in [3.63, 3.8) is 0 Å². The summed E-state index contributed by atoms with van der Waals surface area (Å²) in [4.78, 5) is 17.0. The molecule has 4 heteroatoms. The number of nitrogens with zero attached hydrogens (tertiary/aromatic N) is 2. The lowest BCUT2D eigenvalue weighted by Gasteiger charge is -2.26. The molecule has 2 aromatic rings. The predicted molar refractivity (Wildman–Crippen MR) is 104 cm³/mol. The molecule has 1 N–H and O–H groups in total. The van der Waals surface area contributed by atoms with Gasteiger partial charge in [0.15, 0.2) is 0 Å². The molecule has 1 heterocycles. The van der Waals surface area contributed by atoms with Crippen LogP contribution in [0.25, 0.3) is 5.57 Å². The van der Waals surface area contributed by atoms with Gasteiger partial charge >= 0.3 is 0 Å². The number of benzene rings is 1. The van der Waals surface area contributed by atoms with Gasteiger partial charge in [0, 0.05) is 23.0 Å². The molecule has 2 rings (SSSR count). The number of hydrogen-bond acceptors (Lipinski definition) is 3. The molecular weight excluding hydrogens is 322 g/mol. The molecule has 0 saturated heterocycles. The summed E-state index contributed by atoms with van der Waals surface area (Å²) in [5, 5.41) is 12.8. The van der Waals surface area contributed by atoms with Crippen LogP contribution in [0.15, 0.2) is 42.2 Å². The van der Waals surface area contributed by atoms with E-state index in [1.165, 1.54) is 0 Å². The van der Waals surface area contributed by atoms with Gasteiger partial charge in [-0.3, -0.25) is 9.78 Å². The van der Waals surface area contributed by atoms with E-state index in [4.69, 9.17) is 0 Å². The third kappa shape index (κ3) is 4.37. The van der Waals surface area contributed by atoms with Crippen LogP contribution < -0.4 is 5.32 Å². The van der Waals surface area contributed by atoms with E-state index in [0.29, 0.717) is 22.5 Å². The Morgan fingerprint density at radius 1 is 1.12 bits per heavy atom. The fraction of sp³-hybridized carbons (Fsp3) is 0.318. The third-order valence-corrected chi connectivity index (χ3v) is 4.11. The Balaban J connectivity index is 2.59. The highest BCUT2D eigenvalue weighted by Crippen LogP contribution is 2.31. The number of amides is 1. The van der Waals surface area contributed by atoms with E-state index in [9.17, 15) is 10.1 Å². The number of nitriles is 1. The van der Waals surface area contributed by atoms with Crippen LogP contribution in [0.1, 0.15) is 53.5 Å². The van der Waals surface area contributed by atoms with Gasteiger partial charge in [-0.15, -0.1) is 0 Å². The molecule has 4 nitrogen and oxygen atoms in total. The van der Waals surface area contributed by atoms with Crippen molar-refractivity contribution >= 4 is 11.5 Å². The highest BCUT2D eigenvalue weighted by atomic mass is 16.1. The molecule has 0 bridgehead atoms. The second-order valence-corrected chi connectivity index (χ2v) is 7.58. The molecule has 1 aromatic heterocycles. The maximum absolute atomic E-state index is 12.8. The number of carbonyl (C=O) groups excluding carboxylic acids is 1. The second-order valence-electron chi connectivity index (χ2n) is 7.58. The molecule has 0 atom stereocenters. The number of pyridine rings is 1. The van der Waals surface area contributed by atoms with Gasteiger partial charge < -0.3 is 5.32 Å². The minimum Gasteiger partial charge on any atom is -0.324 e. The predicted octanol–water partition coefficient (Wildman–Crippen LogP) is 4.72. The monoisotopic (exact) mass is 347 g/mol. The summed E-state index contributed by atoms with van der Waals surface area (Å²) in [5.41, 5.74) is 4.82.